The topological polar surface area (TPSA) is 20.2 Å². The molecule has 3 heteroatoms. The number of alkyl halides is 1. The average Bonchev–Trinajstić information content (AvgIpc) is 1.66. The molecule has 0 aliphatic heterocycles. The molecule has 0 aliphatic carbocycles. The van der Waals surface area contributed by atoms with Gasteiger partial charge in [0.1, 0.15) is 0 Å². The predicted molar refractivity (Wildman–Crippen MR) is 50.7 cm³/mol. The van der Waals surface area contributed by atoms with Gasteiger partial charge in [0, 0.05) is 4.43 Å². The number of hydrogen-bond acceptors (Lipinski definition) is 0. The Kier molecular flexibility index (Phi) is 6.72. The van der Waals surface area contributed by atoms with Crippen molar-refractivity contribution in [2.24, 2.45) is 0 Å². The summed E-state index contributed by atoms with van der Waals surface area (Å²) in [5, 5.41) is 9.22. The molecule has 0 unspecified atom stereocenters. The lowest BCUT2D eigenvalue weighted by Crippen LogP contribution is -1.84. The maximum Gasteiger partial charge on any atom is 0.0663 e. The van der Waals surface area contributed by atoms with Crippen molar-refractivity contribution in [3.63, 3.8) is 0 Å². The highest BCUT2D eigenvalue weighted by molar-refractivity contribution is 14.1. The molecule has 0 rings (SSSR count). The SMILES string of the molecule is CC(O)=[SH]CCCI. The van der Waals surface area contributed by atoms with Crippen LogP contribution in [0.25, 0.3) is 0 Å². The Morgan fingerprint density at radius 2 is 2.38 bits per heavy atom. The van der Waals surface area contributed by atoms with E-state index in [0.717, 1.165) is 17.1 Å². The summed E-state index contributed by atoms with van der Waals surface area (Å²) in [6, 6.07) is 0. The van der Waals surface area contributed by atoms with E-state index >= 15 is 0 Å². The monoisotopic (exact) mass is 246 g/mol. The number of aliphatic hydroxyl groups is 1. The second kappa shape index (κ2) is 6.04. The smallest absolute Gasteiger partial charge is 0.0663 e. The van der Waals surface area contributed by atoms with Crippen molar-refractivity contribution >= 4 is 39.0 Å². The van der Waals surface area contributed by atoms with Crippen molar-refractivity contribution in [3.05, 3.63) is 0 Å². The molecule has 0 bridgehead atoms. The molecular weight excluding hydrogens is 235 g/mol. The summed E-state index contributed by atoms with van der Waals surface area (Å²) in [5.41, 5.74) is 0. The van der Waals surface area contributed by atoms with Crippen LogP contribution in [0.4, 0.5) is 0 Å². The van der Waals surface area contributed by atoms with E-state index in [1.165, 1.54) is 10.8 Å². The number of halogens is 1. The fourth-order valence-electron chi connectivity index (χ4n) is 0.301. The van der Waals surface area contributed by atoms with Crippen LogP contribution >= 0.6 is 33.9 Å². The van der Waals surface area contributed by atoms with E-state index in [0.29, 0.717) is 5.05 Å². The van der Waals surface area contributed by atoms with Gasteiger partial charge in [-0.25, -0.2) is 0 Å². The molecular formula is C5H11IOS. The van der Waals surface area contributed by atoms with Crippen LogP contribution in [0.2, 0.25) is 0 Å². The van der Waals surface area contributed by atoms with Crippen molar-refractivity contribution in [1.29, 1.82) is 0 Å². The first-order valence-electron chi connectivity index (χ1n) is 2.53. The highest BCUT2D eigenvalue weighted by Gasteiger charge is 1.79. The van der Waals surface area contributed by atoms with E-state index in [2.05, 4.69) is 22.6 Å². The lowest BCUT2D eigenvalue weighted by molar-refractivity contribution is 0.564. The third-order valence-electron chi connectivity index (χ3n) is 0.632. The maximum absolute atomic E-state index is 8.68. The molecule has 0 fully saturated rings. The second-order valence-corrected chi connectivity index (χ2v) is 3.96. The molecule has 0 aromatic heterocycles. The Balaban J connectivity index is 3.03. The van der Waals surface area contributed by atoms with Crippen LogP contribution < -0.4 is 0 Å². The number of thiol groups is 1. The van der Waals surface area contributed by atoms with Gasteiger partial charge in [-0.1, -0.05) is 22.6 Å². The Bertz CT molecular complexity index is 78.5. The molecule has 0 heterocycles. The highest BCUT2D eigenvalue weighted by Crippen LogP contribution is 1.95. The standard InChI is InChI=1S/C5H11IOS/c1-5(7)8-4-2-3-6/h7-8H,2-4H2,1H3. The van der Waals surface area contributed by atoms with Gasteiger partial charge in [0.05, 0.1) is 5.05 Å². The fraction of sp³-hybridized carbons (Fsp3) is 0.800. The van der Waals surface area contributed by atoms with E-state index in [-0.39, 0.29) is 0 Å². The molecule has 0 spiro atoms. The predicted octanol–water partition coefficient (Wildman–Crippen LogP) is 1.98. The quantitative estimate of drug-likeness (QED) is 0.256. The zero-order chi connectivity index (χ0) is 6.41. The molecule has 0 atom stereocenters. The van der Waals surface area contributed by atoms with Crippen LogP contribution in [-0.2, 0) is 0 Å². The summed E-state index contributed by atoms with van der Waals surface area (Å²) < 4.78 is 1.19. The van der Waals surface area contributed by atoms with Crippen molar-refractivity contribution in [2.75, 3.05) is 10.2 Å². The Hall–Kier alpha value is 0.910. The third kappa shape index (κ3) is 6.91. The minimum atomic E-state index is 0.537. The van der Waals surface area contributed by atoms with Crippen LogP contribution in [0.3, 0.4) is 0 Å². The van der Waals surface area contributed by atoms with Crippen LogP contribution in [0.5, 0.6) is 0 Å². The summed E-state index contributed by atoms with van der Waals surface area (Å²) in [5.74, 6) is 1.10. The maximum atomic E-state index is 8.68. The molecule has 0 aromatic rings. The number of hydrogen-bond donors (Lipinski definition) is 2. The molecule has 1 N–H and O–H groups in total. The Morgan fingerprint density at radius 3 is 2.75 bits per heavy atom. The van der Waals surface area contributed by atoms with Crippen molar-refractivity contribution in [2.45, 2.75) is 13.3 Å². The lowest BCUT2D eigenvalue weighted by atomic mass is 10.6. The summed E-state index contributed by atoms with van der Waals surface area (Å²) in [4.78, 5) is 0. The van der Waals surface area contributed by atoms with Gasteiger partial charge in [0.15, 0.2) is 0 Å². The van der Waals surface area contributed by atoms with Gasteiger partial charge >= 0.3 is 0 Å². The fourth-order valence-corrected chi connectivity index (χ4v) is 1.93. The van der Waals surface area contributed by atoms with Crippen LogP contribution in [-0.4, -0.2) is 20.3 Å². The first kappa shape index (κ1) is 8.91. The summed E-state index contributed by atoms with van der Waals surface area (Å²) in [6.07, 6.45) is 1.21. The molecule has 0 saturated carbocycles. The van der Waals surface area contributed by atoms with Gasteiger partial charge in [-0.05, 0) is 19.1 Å². The molecule has 50 valence electrons. The molecule has 0 amide bonds. The molecule has 8 heavy (non-hydrogen) atoms. The number of aliphatic hydroxyl groups excluding tert-OH is 1. The van der Waals surface area contributed by atoms with Gasteiger partial charge in [-0.15, -0.1) is 0 Å². The highest BCUT2D eigenvalue weighted by atomic mass is 127. The van der Waals surface area contributed by atoms with Gasteiger partial charge < -0.3 is 5.11 Å². The Labute approximate surface area is 67.6 Å². The average molecular weight is 246 g/mol. The van der Waals surface area contributed by atoms with Crippen LogP contribution in [0.15, 0.2) is 0 Å². The second-order valence-electron chi connectivity index (χ2n) is 1.47. The van der Waals surface area contributed by atoms with Crippen LogP contribution in [0, 0.1) is 0 Å². The first-order valence-corrected chi connectivity index (χ1v) is 5.14. The Morgan fingerprint density at radius 1 is 1.75 bits per heavy atom. The molecule has 0 radical (unpaired) electrons. The van der Waals surface area contributed by atoms with Gasteiger partial charge in [-0.3, -0.25) is 0 Å². The molecule has 1 nitrogen and oxygen atoms in total. The van der Waals surface area contributed by atoms with E-state index in [9.17, 15) is 0 Å². The minimum absolute atomic E-state index is 0.537. The van der Waals surface area contributed by atoms with E-state index in [1.54, 1.807) is 6.92 Å². The molecule has 0 aromatic carbocycles. The first-order chi connectivity index (χ1) is 3.77. The largest absolute Gasteiger partial charge is 0.360 e. The van der Waals surface area contributed by atoms with E-state index in [1.807, 2.05) is 0 Å². The van der Waals surface area contributed by atoms with Crippen LogP contribution in [0.1, 0.15) is 13.3 Å². The summed E-state index contributed by atoms with van der Waals surface area (Å²) in [6.45, 7) is 1.74. The van der Waals surface area contributed by atoms with E-state index < -0.39 is 0 Å². The van der Waals surface area contributed by atoms with E-state index in [4.69, 9.17) is 5.11 Å². The van der Waals surface area contributed by atoms with Gasteiger partial charge in [0.25, 0.3) is 0 Å². The number of rotatable bonds is 3. The van der Waals surface area contributed by atoms with Gasteiger partial charge in [0.2, 0.25) is 0 Å². The third-order valence-corrected chi connectivity index (χ3v) is 2.39. The van der Waals surface area contributed by atoms with Gasteiger partial charge in [-0.2, -0.15) is 11.4 Å². The zero-order valence-electron chi connectivity index (χ0n) is 4.89. The van der Waals surface area contributed by atoms with Crippen molar-refractivity contribution in [1.82, 2.24) is 0 Å². The molecule has 0 aliphatic rings. The summed E-state index contributed by atoms with van der Waals surface area (Å²) in [7, 11) is 0. The van der Waals surface area contributed by atoms with Crippen molar-refractivity contribution < 1.29 is 5.11 Å². The lowest BCUT2D eigenvalue weighted by Gasteiger charge is -1.88. The zero-order valence-corrected chi connectivity index (χ0v) is 7.95. The van der Waals surface area contributed by atoms with Crippen molar-refractivity contribution in [3.8, 4) is 0 Å². The summed E-state index contributed by atoms with van der Waals surface area (Å²) >= 11 is 3.43. The normalized spacial score (nSPS) is 13.1. The molecule has 0 saturated heterocycles. The minimum Gasteiger partial charge on any atom is -0.360 e.